The van der Waals surface area contributed by atoms with Gasteiger partial charge in [-0.1, -0.05) is 0 Å². The highest BCUT2D eigenvalue weighted by atomic mass is 15.1. The van der Waals surface area contributed by atoms with E-state index in [-0.39, 0.29) is 6.04 Å². The number of rotatable bonds is 3. The molecule has 0 saturated heterocycles. The van der Waals surface area contributed by atoms with E-state index in [4.69, 9.17) is 5.73 Å². The van der Waals surface area contributed by atoms with Crippen molar-refractivity contribution in [3.05, 3.63) is 42.5 Å². The Kier molecular flexibility index (Phi) is 2.75. The molecular formula is C13H14N6. The predicted octanol–water partition coefficient (Wildman–Crippen LogP) is 2.11. The van der Waals surface area contributed by atoms with Gasteiger partial charge in [-0.2, -0.15) is 5.10 Å². The first kappa shape index (κ1) is 11.5. The second kappa shape index (κ2) is 4.56. The second-order valence-electron chi connectivity index (χ2n) is 4.40. The SMILES string of the molecule is CC(Nc1ncnc2ccc(N)cc12)c1cn[nH]c1. The number of hydrogen-bond donors (Lipinski definition) is 3. The number of hydrogen-bond acceptors (Lipinski definition) is 5. The molecule has 1 unspecified atom stereocenters. The van der Waals surface area contributed by atoms with Crippen LogP contribution in [0.4, 0.5) is 11.5 Å². The molecule has 2 heterocycles. The molecule has 19 heavy (non-hydrogen) atoms. The Balaban J connectivity index is 1.98. The molecule has 0 aliphatic heterocycles. The first-order chi connectivity index (χ1) is 9.24. The molecule has 6 nitrogen and oxygen atoms in total. The van der Waals surface area contributed by atoms with Crippen LogP contribution < -0.4 is 11.1 Å². The molecule has 0 saturated carbocycles. The molecule has 6 heteroatoms. The Morgan fingerprint density at radius 3 is 3.00 bits per heavy atom. The zero-order chi connectivity index (χ0) is 13.2. The summed E-state index contributed by atoms with van der Waals surface area (Å²) in [6.07, 6.45) is 5.19. The summed E-state index contributed by atoms with van der Waals surface area (Å²) >= 11 is 0. The van der Waals surface area contributed by atoms with Crippen molar-refractivity contribution in [2.75, 3.05) is 11.1 Å². The number of nitrogens with one attached hydrogen (secondary N) is 2. The van der Waals surface area contributed by atoms with E-state index in [1.54, 1.807) is 12.5 Å². The maximum atomic E-state index is 5.82. The van der Waals surface area contributed by atoms with E-state index in [0.717, 1.165) is 22.3 Å². The molecule has 3 aromatic rings. The molecule has 3 rings (SSSR count). The monoisotopic (exact) mass is 254 g/mol. The van der Waals surface area contributed by atoms with E-state index in [0.29, 0.717) is 5.69 Å². The fraction of sp³-hybridized carbons (Fsp3) is 0.154. The third kappa shape index (κ3) is 2.20. The minimum absolute atomic E-state index is 0.0956. The van der Waals surface area contributed by atoms with Crippen LogP contribution in [0.2, 0.25) is 0 Å². The first-order valence-electron chi connectivity index (χ1n) is 5.99. The highest BCUT2D eigenvalue weighted by Crippen LogP contribution is 2.25. The summed E-state index contributed by atoms with van der Waals surface area (Å²) in [5, 5.41) is 11.0. The van der Waals surface area contributed by atoms with Crippen molar-refractivity contribution in [1.29, 1.82) is 0 Å². The molecule has 0 aliphatic rings. The molecule has 0 bridgehead atoms. The average molecular weight is 254 g/mol. The molecular weight excluding hydrogens is 240 g/mol. The second-order valence-corrected chi connectivity index (χ2v) is 4.40. The van der Waals surface area contributed by atoms with Crippen LogP contribution in [0.25, 0.3) is 10.9 Å². The Labute approximate surface area is 110 Å². The number of aromatic amines is 1. The lowest BCUT2D eigenvalue weighted by Gasteiger charge is -2.14. The molecule has 0 fully saturated rings. The van der Waals surface area contributed by atoms with E-state index < -0.39 is 0 Å². The van der Waals surface area contributed by atoms with Gasteiger partial charge in [-0.25, -0.2) is 9.97 Å². The Morgan fingerprint density at radius 1 is 1.32 bits per heavy atom. The van der Waals surface area contributed by atoms with E-state index in [1.165, 1.54) is 0 Å². The van der Waals surface area contributed by atoms with Crippen molar-refractivity contribution in [3.63, 3.8) is 0 Å². The summed E-state index contributed by atoms with van der Waals surface area (Å²) in [6, 6.07) is 5.69. The summed E-state index contributed by atoms with van der Waals surface area (Å²) in [6.45, 7) is 2.05. The Bertz CT molecular complexity index is 691. The van der Waals surface area contributed by atoms with Crippen LogP contribution in [0.1, 0.15) is 18.5 Å². The number of nitrogens with two attached hydrogens (primary N) is 1. The smallest absolute Gasteiger partial charge is 0.137 e. The van der Waals surface area contributed by atoms with Gasteiger partial charge in [0, 0.05) is 22.8 Å². The minimum Gasteiger partial charge on any atom is -0.399 e. The van der Waals surface area contributed by atoms with E-state index >= 15 is 0 Å². The third-order valence-electron chi connectivity index (χ3n) is 3.03. The number of fused-ring (bicyclic) bond motifs is 1. The Morgan fingerprint density at radius 2 is 2.21 bits per heavy atom. The normalized spacial score (nSPS) is 12.5. The molecule has 4 N–H and O–H groups in total. The van der Waals surface area contributed by atoms with Gasteiger partial charge in [0.15, 0.2) is 0 Å². The van der Waals surface area contributed by atoms with Gasteiger partial charge in [0.05, 0.1) is 17.8 Å². The molecule has 0 aliphatic carbocycles. The zero-order valence-corrected chi connectivity index (χ0v) is 10.5. The molecule has 2 aromatic heterocycles. The number of aromatic nitrogens is 4. The van der Waals surface area contributed by atoms with Gasteiger partial charge in [0.2, 0.25) is 0 Å². The summed E-state index contributed by atoms with van der Waals surface area (Å²) in [7, 11) is 0. The molecule has 96 valence electrons. The largest absolute Gasteiger partial charge is 0.399 e. The van der Waals surface area contributed by atoms with Crippen molar-refractivity contribution in [3.8, 4) is 0 Å². The Hall–Kier alpha value is -2.63. The lowest BCUT2D eigenvalue weighted by molar-refractivity contribution is 0.877. The van der Waals surface area contributed by atoms with Crippen molar-refractivity contribution >= 4 is 22.4 Å². The summed E-state index contributed by atoms with van der Waals surface area (Å²) in [4.78, 5) is 8.52. The van der Waals surface area contributed by atoms with Crippen molar-refractivity contribution in [2.24, 2.45) is 0 Å². The predicted molar refractivity (Wildman–Crippen MR) is 74.6 cm³/mol. The number of anilines is 2. The van der Waals surface area contributed by atoms with Gasteiger partial charge in [0.25, 0.3) is 0 Å². The quantitative estimate of drug-likeness (QED) is 0.622. The number of nitrogens with zero attached hydrogens (tertiary/aromatic N) is 3. The molecule has 1 aromatic carbocycles. The third-order valence-corrected chi connectivity index (χ3v) is 3.03. The van der Waals surface area contributed by atoms with E-state index in [2.05, 4.69) is 25.5 Å². The number of benzene rings is 1. The van der Waals surface area contributed by atoms with Crippen molar-refractivity contribution < 1.29 is 0 Å². The van der Waals surface area contributed by atoms with Crippen LogP contribution in [-0.2, 0) is 0 Å². The van der Waals surface area contributed by atoms with Crippen LogP contribution in [-0.4, -0.2) is 20.2 Å². The standard InChI is InChI=1S/C13H14N6/c1-8(9-5-17-18-6-9)19-13-11-4-10(14)2-3-12(11)15-7-16-13/h2-8H,14H2,1H3,(H,17,18)(H,15,16,19). The first-order valence-corrected chi connectivity index (χ1v) is 5.99. The maximum absolute atomic E-state index is 5.82. The number of nitrogen functional groups attached to an aromatic ring is 1. The zero-order valence-electron chi connectivity index (χ0n) is 10.5. The summed E-state index contributed by atoms with van der Waals surface area (Å²) < 4.78 is 0. The van der Waals surface area contributed by atoms with Crippen molar-refractivity contribution in [1.82, 2.24) is 20.2 Å². The number of H-pyrrole nitrogens is 1. The van der Waals surface area contributed by atoms with Gasteiger partial charge in [-0.3, -0.25) is 5.10 Å². The van der Waals surface area contributed by atoms with Crippen LogP contribution in [0.3, 0.4) is 0 Å². The molecule has 0 radical (unpaired) electrons. The van der Waals surface area contributed by atoms with Crippen LogP contribution in [0.5, 0.6) is 0 Å². The van der Waals surface area contributed by atoms with Gasteiger partial charge in [0.1, 0.15) is 12.1 Å². The maximum Gasteiger partial charge on any atom is 0.137 e. The van der Waals surface area contributed by atoms with Gasteiger partial charge in [-0.15, -0.1) is 0 Å². The highest BCUT2D eigenvalue weighted by molar-refractivity contribution is 5.91. The molecule has 1 atom stereocenters. The van der Waals surface area contributed by atoms with E-state index in [9.17, 15) is 0 Å². The van der Waals surface area contributed by atoms with E-state index in [1.807, 2.05) is 31.3 Å². The van der Waals surface area contributed by atoms with Crippen molar-refractivity contribution in [2.45, 2.75) is 13.0 Å². The summed E-state index contributed by atoms with van der Waals surface area (Å²) in [5.41, 5.74) is 8.45. The fourth-order valence-corrected chi connectivity index (χ4v) is 1.98. The van der Waals surface area contributed by atoms with Crippen LogP contribution >= 0.6 is 0 Å². The lowest BCUT2D eigenvalue weighted by atomic mass is 10.1. The molecule has 0 spiro atoms. The van der Waals surface area contributed by atoms with Crippen LogP contribution in [0.15, 0.2) is 36.9 Å². The highest BCUT2D eigenvalue weighted by Gasteiger charge is 2.10. The lowest BCUT2D eigenvalue weighted by Crippen LogP contribution is -2.08. The summed E-state index contributed by atoms with van der Waals surface area (Å²) in [5.74, 6) is 0.769. The molecule has 0 amide bonds. The van der Waals surface area contributed by atoms with Gasteiger partial charge >= 0.3 is 0 Å². The fourth-order valence-electron chi connectivity index (χ4n) is 1.98. The van der Waals surface area contributed by atoms with Gasteiger partial charge < -0.3 is 11.1 Å². The minimum atomic E-state index is 0.0956. The van der Waals surface area contributed by atoms with Crippen LogP contribution in [0, 0.1) is 0 Å². The average Bonchev–Trinajstić information content (AvgIpc) is 2.93. The topological polar surface area (TPSA) is 92.5 Å². The van der Waals surface area contributed by atoms with Gasteiger partial charge in [-0.05, 0) is 25.1 Å².